The van der Waals surface area contributed by atoms with Gasteiger partial charge >= 0.3 is 0 Å². The quantitative estimate of drug-likeness (QED) is 0.773. The van der Waals surface area contributed by atoms with Gasteiger partial charge in [-0.15, -0.1) is 5.10 Å². The van der Waals surface area contributed by atoms with Crippen molar-refractivity contribution in [2.24, 2.45) is 7.05 Å². The molecule has 2 rings (SSSR count). The summed E-state index contributed by atoms with van der Waals surface area (Å²) < 4.78 is 14.3. The first-order valence-corrected chi connectivity index (χ1v) is 6.88. The molecule has 0 atom stereocenters. The highest BCUT2D eigenvalue weighted by molar-refractivity contribution is 7.99. The third-order valence-corrected chi connectivity index (χ3v) is 3.66. The molecule has 1 heterocycles. The lowest BCUT2D eigenvalue weighted by atomic mass is 10.2. The summed E-state index contributed by atoms with van der Waals surface area (Å²) in [5.41, 5.74) is 0.882. The molecule has 0 aliphatic carbocycles. The van der Waals surface area contributed by atoms with E-state index in [2.05, 4.69) is 15.5 Å². The highest BCUT2D eigenvalue weighted by atomic mass is 32.2. The molecule has 1 amide bonds. The van der Waals surface area contributed by atoms with Gasteiger partial charge in [-0.05, 0) is 28.1 Å². The number of hydrogen-bond acceptors (Lipinski definition) is 5. The van der Waals surface area contributed by atoms with Gasteiger partial charge in [0.2, 0.25) is 11.1 Å². The van der Waals surface area contributed by atoms with Gasteiger partial charge in [0.15, 0.2) is 0 Å². The number of nitrogens with zero attached hydrogens (tertiary/aromatic N) is 5. The van der Waals surface area contributed by atoms with E-state index >= 15 is 0 Å². The van der Waals surface area contributed by atoms with E-state index < -0.39 is 0 Å². The number of benzene rings is 1. The first-order valence-electron chi connectivity index (χ1n) is 5.90. The highest BCUT2D eigenvalue weighted by Gasteiger charge is 2.12. The molecule has 0 aliphatic heterocycles. The van der Waals surface area contributed by atoms with Crippen LogP contribution in [-0.2, 0) is 18.4 Å². The molecule has 0 N–H and O–H groups in total. The topological polar surface area (TPSA) is 63.9 Å². The van der Waals surface area contributed by atoms with Crippen molar-refractivity contribution >= 4 is 17.7 Å². The minimum atomic E-state index is -0.284. The molecule has 0 unspecified atom stereocenters. The van der Waals surface area contributed by atoms with Gasteiger partial charge in [-0.1, -0.05) is 23.9 Å². The average molecular weight is 295 g/mol. The summed E-state index contributed by atoms with van der Waals surface area (Å²) in [6.07, 6.45) is 0. The maximum atomic E-state index is 12.8. The molecule has 0 bridgehead atoms. The van der Waals surface area contributed by atoms with E-state index in [1.165, 1.54) is 28.6 Å². The lowest BCUT2D eigenvalue weighted by Crippen LogP contribution is -2.27. The monoisotopic (exact) mass is 295 g/mol. The van der Waals surface area contributed by atoms with Crippen LogP contribution in [0.5, 0.6) is 0 Å². The summed E-state index contributed by atoms with van der Waals surface area (Å²) in [5, 5.41) is 11.6. The van der Waals surface area contributed by atoms with Crippen LogP contribution in [0.2, 0.25) is 0 Å². The summed E-state index contributed by atoms with van der Waals surface area (Å²) in [7, 11) is 3.43. The van der Waals surface area contributed by atoms with Crippen molar-refractivity contribution in [2.75, 3.05) is 12.8 Å². The van der Waals surface area contributed by atoms with Crippen LogP contribution in [0.15, 0.2) is 29.4 Å². The van der Waals surface area contributed by atoms with Crippen molar-refractivity contribution in [1.29, 1.82) is 0 Å². The van der Waals surface area contributed by atoms with Crippen LogP contribution in [0, 0.1) is 5.82 Å². The number of tetrazole rings is 1. The van der Waals surface area contributed by atoms with E-state index in [9.17, 15) is 9.18 Å². The minimum absolute atomic E-state index is 0.0395. The largest absolute Gasteiger partial charge is 0.341 e. The molecule has 0 aliphatic rings. The summed E-state index contributed by atoms with van der Waals surface area (Å²) in [5.74, 6) is -0.0678. The summed E-state index contributed by atoms with van der Waals surface area (Å²) in [4.78, 5) is 13.6. The van der Waals surface area contributed by atoms with Gasteiger partial charge in [-0.3, -0.25) is 4.79 Å². The predicted molar refractivity (Wildman–Crippen MR) is 72.4 cm³/mol. The van der Waals surface area contributed by atoms with E-state index in [-0.39, 0.29) is 17.5 Å². The highest BCUT2D eigenvalue weighted by Crippen LogP contribution is 2.13. The van der Waals surface area contributed by atoms with Crippen LogP contribution in [0.4, 0.5) is 4.39 Å². The zero-order valence-corrected chi connectivity index (χ0v) is 12.0. The van der Waals surface area contributed by atoms with Gasteiger partial charge in [0.1, 0.15) is 5.82 Å². The van der Waals surface area contributed by atoms with E-state index in [0.29, 0.717) is 11.7 Å². The second-order valence-electron chi connectivity index (χ2n) is 4.25. The number of aryl methyl sites for hydroxylation is 1. The fourth-order valence-corrected chi connectivity index (χ4v) is 2.32. The first-order chi connectivity index (χ1) is 9.56. The van der Waals surface area contributed by atoms with Crippen LogP contribution in [-0.4, -0.2) is 43.8 Å². The third kappa shape index (κ3) is 3.77. The second-order valence-corrected chi connectivity index (χ2v) is 5.19. The Bertz CT molecular complexity index is 586. The van der Waals surface area contributed by atoms with Gasteiger partial charge in [0.25, 0.3) is 0 Å². The molecule has 1 aromatic carbocycles. The normalized spacial score (nSPS) is 10.6. The van der Waals surface area contributed by atoms with Crippen molar-refractivity contribution in [2.45, 2.75) is 11.7 Å². The molecule has 106 valence electrons. The number of carbonyl (C=O) groups is 1. The van der Waals surface area contributed by atoms with Crippen molar-refractivity contribution in [3.05, 3.63) is 35.6 Å². The van der Waals surface area contributed by atoms with Gasteiger partial charge in [0.05, 0.1) is 5.75 Å². The molecule has 20 heavy (non-hydrogen) atoms. The molecule has 0 spiro atoms. The third-order valence-electron chi connectivity index (χ3n) is 2.66. The number of halogens is 1. The summed E-state index contributed by atoms with van der Waals surface area (Å²) in [6.45, 7) is 0.441. The number of carbonyl (C=O) groups excluding carboxylic acids is 1. The van der Waals surface area contributed by atoms with E-state index in [4.69, 9.17) is 0 Å². The van der Waals surface area contributed by atoms with Crippen LogP contribution in [0.25, 0.3) is 0 Å². The lowest BCUT2D eigenvalue weighted by Gasteiger charge is -2.16. The van der Waals surface area contributed by atoms with Crippen LogP contribution in [0.1, 0.15) is 5.56 Å². The Morgan fingerprint density at radius 3 is 2.70 bits per heavy atom. The van der Waals surface area contributed by atoms with Crippen LogP contribution in [0.3, 0.4) is 0 Å². The molecular formula is C12H14FN5OS. The van der Waals surface area contributed by atoms with Crippen LogP contribution >= 0.6 is 11.8 Å². The fraction of sp³-hybridized carbons (Fsp3) is 0.333. The Morgan fingerprint density at radius 2 is 2.10 bits per heavy atom. The van der Waals surface area contributed by atoms with Crippen molar-refractivity contribution in [3.63, 3.8) is 0 Å². The molecule has 0 saturated heterocycles. The number of rotatable bonds is 5. The molecule has 0 saturated carbocycles. The molecule has 6 nitrogen and oxygen atoms in total. The van der Waals surface area contributed by atoms with Gasteiger partial charge < -0.3 is 4.90 Å². The van der Waals surface area contributed by atoms with E-state index in [1.54, 1.807) is 31.1 Å². The SMILES string of the molecule is CN(Cc1ccc(F)cc1)C(=O)CSc1nnnn1C. The van der Waals surface area contributed by atoms with Crippen molar-refractivity contribution in [3.8, 4) is 0 Å². The predicted octanol–water partition coefficient (Wildman–Crippen LogP) is 1.10. The van der Waals surface area contributed by atoms with Crippen molar-refractivity contribution in [1.82, 2.24) is 25.1 Å². The maximum absolute atomic E-state index is 12.8. The number of thioether (sulfide) groups is 1. The Hall–Kier alpha value is -1.96. The number of amides is 1. The molecule has 0 radical (unpaired) electrons. The minimum Gasteiger partial charge on any atom is -0.341 e. The Labute approximate surface area is 120 Å². The maximum Gasteiger partial charge on any atom is 0.233 e. The Kier molecular flexibility index (Phi) is 4.67. The van der Waals surface area contributed by atoms with Gasteiger partial charge in [-0.25, -0.2) is 9.07 Å². The zero-order valence-electron chi connectivity index (χ0n) is 11.2. The molecule has 2 aromatic rings. The Balaban J connectivity index is 1.86. The second kappa shape index (κ2) is 6.47. The fourth-order valence-electron chi connectivity index (χ4n) is 1.53. The molecule has 0 fully saturated rings. The number of hydrogen-bond donors (Lipinski definition) is 0. The number of aromatic nitrogens is 4. The summed E-state index contributed by atoms with van der Waals surface area (Å²) in [6, 6.07) is 6.10. The molecule has 8 heteroatoms. The van der Waals surface area contributed by atoms with Crippen LogP contribution < -0.4 is 0 Å². The first kappa shape index (κ1) is 14.4. The van der Waals surface area contributed by atoms with E-state index in [1.807, 2.05) is 0 Å². The van der Waals surface area contributed by atoms with Crippen molar-refractivity contribution < 1.29 is 9.18 Å². The van der Waals surface area contributed by atoms with Gasteiger partial charge in [-0.2, -0.15) is 0 Å². The smallest absolute Gasteiger partial charge is 0.233 e. The van der Waals surface area contributed by atoms with Gasteiger partial charge in [0, 0.05) is 20.6 Å². The standard InChI is InChI=1S/C12H14FN5OS/c1-17(7-9-3-5-10(13)6-4-9)11(19)8-20-12-14-15-16-18(12)2/h3-6H,7-8H2,1-2H3. The average Bonchev–Trinajstić information content (AvgIpc) is 2.84. The summed E-state index contributed by atoms with van der Waals surface area (Å²) >= 11 is 1.28. The molecule has 1 aromatic heterocycles. The lowest BCUT2D eigenvalue weighted by molar-refractivity contribution is -0.127. The zero-order chi connectivity index (χ0) is 14.5. The Morgan fingerprint density at radius 1 is 1.40 bits per heavy atom. The van der Waals surface area contributed by atoms with E-state index in [0.717, 1.165) is 5.56 Å². The molecular weight excluding hydrogens is 281 g/mol.